The smallest absolute Gasteiger partial charge is 0.331 e. The zero-order chi connectivity index (χ0) is 19.8. The van der Waals surface area contributed by atoms with E-state index in [1.165, 1.54) is 25.3 Å². The van der Waals surface area contributed by atoms with Gasteiger partial charge in [0, 0.05) is 11.8 Å². The van der Waals surface area contributed by atoms with E-state index in [1.807, 2.05) is 30.3 Å². The number of anilines is 1. The lowest BCUT2D eigenvalue weighted by Gasteiger charge is -2.13. The lowest BCUT2D eigenvalue weighted by Crippen LogP contribution is -2.29. The first-order chi connectivity index (χ1) is 13.6. The number of furan rings is 1. The Morgan fingerprint density at radius 2 is 1.68 bits per heavy atom. The molecule has 6 nitrogen and oxygen atoms in total. The first kappa shape index (κ1) is 19.0. The SMILES string of the molecule is C[C@@H](OC(=O)/C=C/c1ccco1)C(=O)Nc1ccc(Oc2ccccc2)cc1. The second-order valence-electron chi connectivity index (χ2n) is 5.86. The summed E-state index contributed by atoms with van der Waals surface area (Å²) < 4.78 is 15.9. The summed E-state index contributed by atoms with van der Waals surface area (Å²) in [5.41, 5.74) is 0.569. The van der Waals surface area contributed by atoms with E-state index in [4.69, 9.17) is 13.9 Å². The number of rotatable bonds is 7. The van der Waals surface area contributed by atoms with Gasteiger partial charge in [-0.25, -0.2) is 4.79 Å². The summed E-state index contributed by atoms with van der Waals surface area (Å²) in [5, 5.41) is 2.69. The molecule has 1 amide bonds. The second kappa shape index (κ2) is 9.23. The van der Waals surface area contributed by atoms with Gasteiger partial charge in [-0.3, -0.25) is 4.79 Å². The van der Waals surface area contributed by atoms with Crippen molar-refractivity contribution in [3.63, 3.8) is 0 Å². The Labute approximate surface area is 162 Å². The molecule has 0 aliphatic heterocycles. The van der Waals surface area contributed by atoms with Crippen molar-refractivity contribution in [2.45, 2.75) is 13.0 Å². The molecule has 0 spiro atoms. The van der Waals surface area contributed by atoms with Gasteiger partial charge < -0.3 is 19.2 Å². The predicted octanol–water partition coefficient (Wildman–Crippen LogP) is 4.66. The highest BCUT2D eigenvalue weighted by Crippen LogP contribution is 2.22. The molecular formula is C22H19NO5. The molecule has 142 valence electrons. The number of amides is 1. The Morgan fingerprint density at radius 3 is 2.36 bits per heavy atom. The quantitative estimate of drug-likeness (QED) is 0.479. The maximum Gasteiger partial charge on any atom is 0.331 e. The predicted molar refractivity (Wildman–Crippen MR) is 105 cm³/mol. The summed E-state index contributed by atoms with van der Waals surface area (Å²) in [4.78, 5) is 24.0. The fourth-order valence-corrected chi connectivity index (χ4v) is 2.28. The monoisotopic (exact) mass is 377 g/mol. The molecule has 2 aromatic carbocycles. The normalized spacial score (nSPS) is 11.8. The highest BCUT2D eigenvalue weighted by molar-refractivity contribution is 5.96. The maximum absolute atomic E-state index is 12.2. The van der Waals surface area contributed by atoms with Gasteiger partial charge >= 0.3 is 5.97 Å². The second-order valence-corrected chi connectivity index (χ2v) is 5.86. The first-order valence-corrected chi connectivity index (χ1v) is 8.66. The Hall–Kier alpha value is -3.80. The Kier molecular flexibility index (Phi) is 6.25. The molecule has 0 bridgehead atoms. The summed E-state index contributed by atoms with van der Waals surface area (Å²) >= 11 is 0. The molecule has 28 heavy (non-hydrogen) atoms. The third-order valence-corrected chi connectivity index (χ3v) is 3.69. The minimum absolute atomic E-state index is 0.434. The van der Waals surface area contributed by atoms with Gasteiger partial charge in [0.2, 0.25) is 0 Å². The number of nitrogens with one attached hydrogen (secondary N) is 1. The summed E-state index contributed by atoms with van der Waals surface area (Å²) in [6.45, 7) is 1.50. The zero-order valence-corrected chi connectivity index (χ0v) is 15.2. The topological polar surface area (TPSA) is 77.8 Å². The van der Waals surface area contributed by atoms with E-state index in [2.05, 4.69) is 5.32 Å². The third-order valence-electron chi connectivity index (χ3n) is 3.69. The first-order valence-electron chi connectivity index (χ1n) is 8.66. The van der Waals surface area contributed by atoms with Crippen LogP contribution in [0.25, 0.3) is 6.08 Å². The van der Waals surface area contributed by atoms with Gasteiger partial charge in [-0.1, -0.05) is 18.2 Å². The number of hydrogen-bond donors (Lipinski definition) is 1. The van der Waals surface area contributed by atoms with E-state index in [0.717, 1.165) is 5.75 Å². The number of esters is 1. The van der Waals surface area contributed by atoms with Crippen LogP contribution in [-0.2, 0) is 14.3 Å². The van der Waals surface area contributed by atoms with E-state index >= 15 is 0 Å². The highest BCUT2D eigenvalue weighted by atomic mass is 16.5. The highest BCUT2D eigenvalue weighted by Gasteiger charge is 2.16. The van der Waals surface area contributed by atoms with E-state index < -0.39 is 18.0 Å². The van der Waals surface area contributed by atoms with Crippen LogP contribution in [0, 0.1) is 0 Å². The molecular weight excluding hydrogens is 358 g/mol. The van der Waals surface area contributed by atoms with Crippen LogP contribution in [0.1, 0.15) is 12.7 Å². The summed E-state index contributed by atoms with van der Waals surface area (Å²) in [7, 11) is 0. The van der Waals surface area contributed by atoms with Crippen molar-refractivity contribution >= 4 is 23.6 Å². The summed E-state index contributed by atoms with van der Waals surface area (Å²) in [6, 6.07) is 19.7. The van der Waals surface area contributed by atoms with Gasteiger partial charge in [0.15, 0.2) is 6.10 Å². The summed E-state index contributed by atoms with van der Waals surface area (Å²) in [6.07, 6.45) is 3.22. The molecule has 1 atom stereocenters. The largest absolute Gasteiger partial charge is 0.465 e. The molecule has 1 N–H and O–H groups in total. The van der Waals surface area contributed by atoms with Gasteiger partial charge in [-0.05, 0) is 61.5 Å². The molecule has 0 radical (unpaired) electrons. The van der Waals surface area contributed by atoms with Gasteiger partial charge in [-0.15, -0.1) is 0 Å². The van der Waals surface area contributed by atoms with E-state index in [1.54, 1.807) is 36.4 Å². The molecule has 3 aromatic rings. The molecule has 6 heteroatoms. The Morgan fingerprint density at radius 1 is 0.964 bits per heavy atom. The average molecular weight is 377 g/mol. The number of para-hydroxylation sites is 1. The van der Waals surface area contributed by atoms with E-state index in [-0.39, 0.29) is 0 Å². The summed E-state index contributed by atoms with van der Waals surface area (Å²) in [5.74, 6) is 0.822. The molecule has 0 aliphatic rings. The molecule has 0 saturated carbocycles. The van der Waals surface area contributed by atoms with Crippen LogP contribution < -0.4 is 10.1 Å². The van der Waals surface area contributed by atoms with Crippen molar-refractivity contribution in [1.29, 1.82) is 0 Å². The minimum Gasteiger partial charge on any atom is -0.465 e. The van der Waals surface area contributed by atoms with Crippen LogP contribution in [-0.4, -0.2) is 18.0 Å². The Bertz CT molecular complexity index is 931. The zero-order valence-electron chi connectivity index (χ0n) is 15.2. The van der Waals surface area contributed by atoms with Crippen molar-refractivity contribution in [2.75, 3.05) is 5.32 Å². The van der Waals surface area contributed by atoms with Gasteiger partial charge in [-0.2, -0.15) is 0 Å². The lowest BCUT2D eigenvalue weighted by molar-refractivity contribution is -0.148. The van der Waals surface area contributed by atoms with Gasteiger partial charge in [0.25, 0.3) is 5.91 Å². The fourth-order valence-electron chi connectivity index (χ4n) is 2.28. The number of carbonyl (C=O) groups is 2. The van der Waals surface area contributed by atoms with Crippen LogP contribution in [0.4, 0.5) is 5.69 Å². The molecule has 1 aromatic heterocycles. The average Bonchev–Trinajstić information content (AvgIpc) is 3.22. The Balaban J connectivity index is 1.50. The van der Waals surface area contributed by atoms with Crippen molar-refractivity contribution in [3.05, 3.63) is 84.8 Å². The molecule has 0 unspecified atom stereocenters. The lowest BCUT2D eigenvalue weighted by atomic mass is 10.2. The van der Waals surface area contributed by atoms with Crippen LogP contribution >= 0.6 is 0 Å². The van der Waals surface area contributed by atoms with Crippen LogP contribution in [0.5, 0.6) is 11.5 Å². The van der Waals surface area contributed by atoms with E-state index in [9.17, 15) is 9.59 Å². The molecule has 0 aliphatic carbocycles. The van der Waals surface area contributed by atoms with E-state index in [0.29, 0.717) is 17.2 Å². The van der Waals surface area contributed by atoms with Crippen LogP contribution in [0.3, 0.4) is 0 Å². The van der Waals surface area contributed by atoms with Gasteiger partial charge in [0.1, 0.15) is 17.3 Å². The van der Waals surface area contributed by atoms with Crippen LogP contribution in [0.15, 0.2) is 83.5 Å². The standard InChI is InChI=1S/C22H19NO5/c1-16(27-21(24)14-13-18-8-5-15-26-18)22(25)23-17-9-11-20(12-10-17)28-19-6-3-2-4-7-19/h2-16H,1H3,(H,23,25)/b14-13+/t16-/m1/s1. The third kappa shape index (κ3) is 5.60. The van der Waals surface area contributed by atoms with Crippen LogP contribution in [0.2, 0.25) is 0 Å². The van der Waals surface area contributed by atoms with Crippen molar-refractivity contribution < 1.29 is 23.5 Å². The maximum atomic E-state index is 12.2. The van der Waals surface area contributed by atoms with Crippen molar-refractivity contribution in [3.8, 4) is 11.5 Å². The van der Waals surface area contributed by atoms with Crippen molar-refractivity contribution in [2.24, 2.45) is 0 Å². The molecule has 0 fully saturated rings. The molecule has 1 heterocycles. The molecule has 0 saturated heterocycles. The molecule has 3 rings (SSSR count). The van der Waals surface area contributed by atoms with Gasteiger partial charge in [0.05, 0.1) is 6.26 Å². The number of carbonyl (C=O) groups excluding carboxylic acids is 2. The number of benzene rings is 2. The van der Waals surface area contributed by atoms with Crippen molar-refractivity contribution in [1.82, 2.24) is 0 Å². The number of hydrogen-bond acceptors (Lipinski definition) is 5. The fraction of sp³-hybridized carbons (Fsp3) is 0.0909. The minimum atomic E-state index is -0.950. The number of ether oxygens (including phenoxy) is 2.